The van der Waals surface area contributed by atoms with E-state index in [1.165, 1.54) is 6.92 Å². The van der Waals surface area contributed by atoms with Gasteiger partial charge in [-0.1, -0.05) is 23.7 Å². The Labute approximate surface area is 128 Å². The predicted octanol–water partition coefficient (Wildman–Crippen LogP) is 1.68. The summed E-state index contributed by atoms with van der Waals surface area (Å²) >= 11 is 5.84. The van der Waals surface area contributed by atoms with E-state index in [1.54, 1.807) is 35.2 Å². The standard InChI is InChI=1S/C15H17ClN2O3/c1-11(19)17-14(10-12-2-4-13(16)5-3-12)15(20)18-6-8-21-9-7-18/h2-5,10H,6-9H2,1H3,(H,17,19)/b14-10-. The molecule has 0 saturated carbocycles. The summed E-state index contributed by atoms with van der Waals surface area (Å²) in [6.45, 7) is 3.45. The second-order valence-electron chi connectivity index (χ2n) is 4.70. The van der Waals surface area contributed by atoms with Crippen molar-refractivity contribution < 1.29 is 14.3 Å². The number of nitrogens with zero attached hydrogens (tertiary/aromatic N) is 1. The molecule has 0 atom stereocenters. The number of amides is 2. The molecule has 0 spiro atoms. The Morgan fingerprint density at radius 1 is 1.24 bits per heavy atom. The molecule has 0 bridgehead atoms. The van der Waals surface area contributed by atoms with Crippen molar-refractivity contribution in [1.29, 1.82) is 0 Å². The first-order chi connectivity index (χ1) is 10.1. The average molecular weight is 309 g/mol. The second-order valence-corrected chi connectivity index (χ2v) is 5.13. The maximum atomic E-state index is 12.5. The number of carbonyl (C=O) groups is 2. The van der Waals surface area contributed by atoms with Crippen molar-refractivity contribution in [1.82, 2.24) is 10.2 Å². The molecule has 1 saturated heterocycles. The van der Waals surface area contributed by atoms with Crippen LogP contribution in [0.3, 0.4) is 0 Å². The van der Waals surface area contributed by atoms with Gasteiger partial charge in [-0.25, -0.2) is 0 Å². The maximum Gasteiger partial charge on any atom is 0.270 e. The second kappa shape index (κ2) is 7.24. The molecular weight excluding hydrogens is 292 g/mol. The Morgan fingerprint density at radius 2 is 1.86 bits per heavy atom. The summed E-state index contributed by atoms with van der Waals surface area (Å²) in [6, 6.07) is 7.05. The first kappa shape index (κ1) is 15.5. The van der Waals surface area contributed by atoms with Gasteiger partial charge < -0.3 is 15.0 Å². The van der Waals surface area contributed by atoms with Gasteiger partial charge in [0.05, 0.1) is 13.2 Å². The molecule has 6 heteroatoms. The van der Waals surface area contributed by atoms with Crippen LogP contribution in [0.25, 0.3) is 6.08 Å². The topological polar surface area (TPSA) is 58.6 Å². The lowest BCUT2D eigenvalue weighted by molar-refractivity contribution is -0.132. The fourth-order valence-electron chi connectivity index (χ4n) is 2.00. The van der Waals surface area contributed by atoms with Gasteiger partial charge in [0, 0.05) is 25.0 Å². The van der Waals surface area contributed by atoms with Crippen molar-refractivity contribution in [3.05, 3.63) is 40.5 Å². The molecule has 0 aliphatic carbocycles. The predicted molar refractivity (Wildman–Crippen MR) is 80.6 cm³/mol. The summed E-state index contributed by atoms with van der Waals surface area (Å²) < 4.78 is 5.23. The highest BCUT2D eigenvalue weighted by molar-refractivity contribution is 6.30. The van der Waals surface area contributed by atoms with Crippen molar-refractivity contribution in [2.24, 2.45) is 0 Å². The molecule has 1 aliphatic heterocycles. The van der Waals surface area contributed by atoms with E-state index in [0.29, 0.717) is 31.3 Å². The number of nitrogens with one attached hydrogen (secondary N) is 1. The Morgan fingerprint density at radius 3 is 2.43 bits per heavy atom. The van der Waals surface area contributed by atoms with Crippen LogP contribution >= 0.6 is 11.6 Å². The minimum atomic E-state index is -0.281. The van der Waals surface area contributed by atoms with Crippen LogP contribution in [0.4, 0.5) is 0 Å². The van der Waals surface area contributed by atoms with Gasteiger partial charge >= 0.3 is 0 Å². The lowest BCUT2D eigenvalue weighted by Crippen LogP contribution is -2.44. The van der Waals surface area contributed by atoms with Crippen LogP contribution in [0.1, 0.15) is 12.5 Å². The van der Waals surface area contributed by atoms with Gasteiger partial charge in [0.25, 0.3) is 5.91 Å². The number of morpholine rings is 1. The highest BCUT2D eigenvalue weighted by atomic mass is 35.5. The van der Waals surface area contributed by atoms with Crippen LogP contribution < -0.4 is 5.32 Å². The molecule has 2 amide bonds. The molecule has 1 fully saturated rings. The minimum absolute atomic E-state index is 0.205. The average Bonchev–Trinajstić information content (AvgIpc) is 2.48. The zero-order valence-electron chi connectivity index (χ0n) is 11.8. The van der Waals surface area contributed by atoms with E-state index in [4.69, 9.17) is 16.3 Å². The van der Waals surface area contributed by atoms with E-state index in [1.807, 2.05) is 0 Å². The van der Waals surface area contributed by atoms with Gasteiger partial charge in [0.1, 0.15) is 5.70 Å². The third-order valence-electron chi connectivity index (χ3n) is 3.02. The Bertz CT molecular complexity index is 549. The Hall–Kier alpha value is -1.85. The van der Waals surface area contributed by atoms with Crippen molar-refractivity contribution in [2.75, 3.05) is 26.3 Å². The summed E-state index contributed by atoms with van der Waals surface area (Å²) in [4.78, 5) is 25.5. The molecule has 112 valence electrons. The molecule has 0 radical (unpaired) electrons. The van der Waals surface area contributed by atoms with Crippen LogP contribution in [0.5, 0.6) is 0 Å². The first-order valence-corrected chi connectivity index (χ1v) is 7.06. The number of hydrogen-bond donors (Lipinski definition) is 1. The van der Waals surface area contributed by atoms with Crippen molar-refractivity contribution in [3.63, 3.8) is 0 Å². The molecule has 0 unspecified atom stereocenters. The largest absolute Gasteiger partial charge is 0.378 e. The Balaban J connectivity index is 2.22. The fourth-order valence-corrected chi connectivity index (χ4v) is 2.13. The van der Waals surface area contributed by atoms with Crippen LogP contribution in [0.15, 0.2) is 30.0 Å². The minimum Gasteiger partial charge on any atom is -0.378 e. The van der Waals surface area contributed by atoms with Gasteiger partial charge in [-0.15, -0.1) is 0 Å². The number of hydrogen-bond acceptors (Lipinski definition) is 3. The normalized spacial score (nSPS) is 15.7. The number of carbonyl (C=O) groups excluding carboxylic acids is 2. The van der Waals surface area contributed by atoms with Crippen molar-refractivity contribution in [3.8, 4) is 0 Å². The van der Waals surface area contributed by atoms with Gasteiger partial charge in [-0.2, -0.15) is 0 Å². The monoisotopic (exact) mass is 308 g/mol. The lowest BCUT2D eigenvalue weighted by atomic mass is 10.1. The first-order valence-electron chi connectivity index (χ1n) is 6.68. The summed E-state index contributed by atoms with van der Waals surface area (Å²) in [5, 5.41) is 3.22. The van der Waals surface area contributed by atoms with Gasteiger partial charge in [0.2, 0.25) is 5.91 Å². The SMILES string of the molecule is CC(=O)N/C(=C\c1ccc(Cl)cc1)C(=O)N1CCOCC1. The van der Waals surface area contributed by atoms with Crippen LogP contribution in [-0.2, 0) is 14.3 Å². The summed E-state index contributed by atoms with van der Waals surface area (Å²) in [7, 11) is 0. The third-order valence-corrected chi connectivity index (χ3v) is 3.27. The molecule has 1 N–H and O–H groups in total. The molecule has 2 rings (SSSR count). The van der Waals surface area contributed by atoms with Crippen LogP contribution in [0, 0.1) is 0 Å². The van der Waals surface area contributed by atoms with E-state index >= 15 is 0 Å². The fraction of sp³-hybridized carbons (Fsp3) is 0.333. The van der Waals surface area contributed by atoms with Crippen LogP contribution in [0.2, 0.25) is 5.02 Å². The summed E-state index contributed by atoms with van der Waals surface area (Å²) in [6.07, 6.45) is 1.65. The van der Waals surface area contributed by atoms with Gasteiger partial charge in [-0.05, 0) is 23.8 Å². The van der Waals surface area contributed by atoms with E-state index in [9.17, 15) is 9.59 Å². The molecule has 1 aromatic rings. The van der Waals surface area contributed by atoms with E-state index in [2.05, 4.69) is 5.32 Å². The number of halogens is 1. The molecule has 1 heterocycles. The quantitative estimate of drug-likeness (QED) is 0.864. The maximum absolute atomic E-state index is 12.5. The zero-order valence-corrected chi connectivity index (χ0v) is 12.5. The molecule has 5 nitrogen and oxygen atoms in total. The number of rotatable bonds is 3. The molecule has 1 aliphatic rings. The van der Waals surface area contributed by atoms with Crippen molar-refractivity contribution >= 4 is 29.5 Å². The van der Waals surface area contributed by atoms with E-state index < -0.39 is 0 Å². The van der Waals surface area contributed by atoms with Gasteiger partial charge in [0.15, 0.2) is 0 Å². The molecule has 21 heavy (non-hydrogen) atoms. The highest BCUT2D eigenvalue weighted by Gasteiger charge is 2.21. The molecular formula is C15H17ClN2O3. The van der Waals surface area contributed by atoms with E-state index in [-0.39, 0.29) is 17.5 Å². The Kier molecular flexibility index (Phi) is 5.36. The molecule has 0 aromatic heterocycles. The lowest BCUT2D eigenvalue weighted by Gasteiger charge is -2.27. The third kappa shape index (κ3) is 4.58. The van der Waals surface area contributed by atoms with Crippen molar-refractivity contribution in [2.45, 2.75) is 6.92 Å². The number of benzene rings is 1. The smallest absolute Gasteiger partial charge is 0.270 e. The van der Waals surface area contributed by atoms with Crippen LogP contribution in [-0.4, -0.2) is 43.0 Å². The van der Waals surface area contributed by atoms with E-state index in [0.717, 1.165) is 5.56 Å². The van der Waals surface area contributed by atoms with Gasteiger partial charge in [-0.3, -0.25) is 9.59 Å². The highest BCUT2D eigenvalue weighted by Crippen LogP contribution is 2.13. The molecule has 1 aromatic carbocycles. The summed E-state index contributed by atoms with van der Waals surface area (Å²) in [5.41, 5.74) is 1.05. The zero-order chi connectivity index (χ0) is 15.2. The number of ether oxygens (including phenoxy) is 1. The summed E-state index contributed by atoms with van der Waals surface area (Å²) in [5.74, 6) is -0.486.